The van der Waals surface area contributed by atoms with Gasteiger partial charge in [-0.15, -0.1) is 0 Å². The van der Waals surface area contributed by atoms with Crippen LogP contribution in [0.15, 0.2) is 241 Å². The molecule has 0 aliphatic heterocycles. The van der Waals surface area contributed by atoms with Crippen LogP contribution in [0.4, 0.5) is 17.1 Å². The molecular weight excluding hydrogens is 811 g/mol. The third kappa shape index (κ3) is 6.32. The highest BCUT2D eigenvalue weighted by atomic mass is 16.3. The molecule has 1 heterocycles. The third-order valence-corrected chi connectivity index (χ3v) is 14.2. The van der Waals surface area contributed by atoms with Gasteiger partial charge in [-0.25, -0.2) is 0 Å². The topological polar surface area (TPSA) is 16.4 Å². The Morgan fingerprint density at radius 2 is 0.866 bits per heavy atom. The number of hydrogen-bond acceptors (Lipinski definition) is 2. The van der Waals surface area contributed by atoms with Crippen LogP contribution < -0.4 is 4.90 Å². The summed E-state index contributed by atoms with van der Waals surface area (Å²) in [6.07, 6.45) is 0. The van der Waals surface area contributed by atoms with Gasteiger partial charge in [0.25, 0.3) is 0 Å². The third-order valence-electron chi connectivity index (χ3n) is 14.2. The SMILES string of the molecule is CC1(C)c2ccccc2-c2cccc(-c3ccc(N(c4ccc(-c5cccc(-c6ccc7ccccc7c6)c5)cc4)c4ccccc4-c4cccc5c4oc4c6ccccc6ccc54)cc3)c21. The van der Waals surface area contributed by atoms with Crippen molar-refractivity contribution in [3.05, 3.63) is 248 Å². The van der Waals surface area contributed by atoms with E-state index in [9.17, 15) is 0 Å². The number of furan rings is 1. The molecular formula is C65H45NO. The highest BCUT2D eigenvalue weighted by molar-refractivity contribution is 6.17. The smallest absolute Gasteiger partial charge is 0.143 e. The van der Waals surface area contributed by atoms with Gasteiger partial charge in [0, 0.05) is 44.1 Å². The quantitative estimate of drug-likeness (QED) is 0.159. The van der Waals surface area contributed by atoms with E-state index in [0.29, 0.717) is 0 Å². The fraction of sp³-hybridized carbons (Fsp3) is 0.0462. The Labute approximate surface area is 390 Å². The molecule has 67 heavy (non-hydrogen) atoms. The molecule has 11 aromatic carbocycles. The summed E-state index contributed by atoms with van der Waals surface area (Å²) < 4.78 is 6.95. The molecule has 2 nitrogen and oxygen atoms in total. The minimum atomic E-state index is -0.118. The molecule has 1 aliphatic rings. The van der Waals surface area contributed by atoms with E-state index < -0.39 is 0 Å². The fourth-order valence-electron chi connectivity index (χ4n) is 11.0. The Morgan fingerprint density at radius 3 is 1.69 bits per heavy atom. The summed E-state index contributed by atoms with van der Waals surface area (Å²) >= 11 is 0. The molecule has 0 spiro atoms. The van der Waals surface area contributed by atoms with Gasteiger partial charge in [-0.2, -0.15) is 0 Å². The predicted octanol–water partition coefficient (Wildman–Crippen LogP) is 18.3. The Hall–Kier alpha value is -8.46. The lowest BCUT2D eigenvalue weighted by atomic mass is 9.79. The molecule has 13 rings (SSSR count). The summed E-state index contributed by atoms with van der Waals surface area (Å²) in [6, 6.07) is 86.3. The molecule has 0 bridgehead atoms. The minimum absolute atomic E-state index is 0.118. The average molecular weight is 856 g/mol. The maximum atomic E-state index is 6.95. The summed E-state index contributed by atoms with van der Waals surface area (Å²) in [5.41, 5.74) is 19.7. The molecule has 0 atom stereocenters. The molecule has 0 radical (unpaired) electrons. The Kier molecular flexibility index (Phi) is 8.91. The first-order valence-electron chi connectivity index (χ1n) is 23.2. The molecule has 0 fully saturated rings. The van der Waals surface area contributed by atoms with Crippen molar-refractivity contribution >= 4 is 60.5 Å². The standard InChI is InChI=1S/C65H45NO/c1-65(2)60-26-9-7-20-54(60)56-23-12-22-52(62(56)65)45-32-37-51(38-33-45)66(50-35-30-43(31-36-50)47-17-11-18-48(40-47)49-29-28-42-14-3-4-16-46(42)41-49)61-27-10-8-21-55(61)57-24-13-25-58-59-39-34-44-15-5-6-19-53(44)63(59)67-64(57)58/h3-41H,1-2H3. The van der Waals surface area contributed by atoms with Crippen LogP contribution in [0.5, 0.6) is 0 Å². The van der Waals surface area contributed by atoms with Gasteiger partial charge < -0.3 is 9.32 Å². The normalized spacial score (nSPS) is 12.7. The highest BCUT2D eigenvalue weighted by Crippen LogP contribution is 2.52. The average Bonchev–Trinajstić information content (AvgIpc) is 3.89. The number of para-hydroxylation sites is 2. The lowest BCUT2D eigenvalue weighted by Crippen LogP contribution is -2.16. The van der Waals surface area contributed by atoms with E-state index in [1.807, 2.05) is 0 Å². The zero-order valence-electron chi connectivity index (χ0n) is 37.4. The maximum absolute atomic E-state index is 6.95. The maximum Gasteiger partial charge on any atom is 0.143 e. The van der Waals surface area contributed by atoms with Crippen LogP contribution in [-0.2, 0) is 5.41 Å². The highest BCUT2D eigenvalue weighted by Gasteiger charge is 2.37. The zero-order chi connectivity index (χ0) is 44.6. The van der Waals surface area contributed by atoms with Crippen LogP contribution >= 0.6 is 0 Å². The molecule has 0 unspecified atom stereocenters. The van der Waals surface area contributed by atoms with Crippen molar-refractivity contribution < 1.29 is 4.42 Å². The van der Waals surface area contributed by atoms with Crippen LogP contribution in [-0.4, -0.2) is 0 Å². The van der Waals surface area contributed by atoms with Crippen molar-refractivity contribution in [3.8, 4) is 55.6 Å². The molecule has 1 aromatic heterocycles. The number of hydrogen-bond donors (Lipinski definition) is 0. The summed E-state index contributed by atoms with van der Waals surface area (Å²) in [5, 5.41) is 7.02. The summed E-state index contributed by atoms with van der Waals surface area (Å²) in [6.45, 7) is 4.73. The molecule has 0 amide bonds. The van der Waals surface area contributed by atoms with Crippen molar-refractivity contribution in [1.29, 1.82) is 0 Å². The van der Waals surface area contributed by atoms with E-state index in [1.54, 1.807) is 0 Å². The van der Waals surface area contributed by atoms with Crippen molar-refractivity contribution in [2.45, 2.75) is 19.3 Å². The van der Waals surface area contributed by atoms with E-state index >= 15 is 0 Å². The van der Waals surface area contributed by atoms with Gasteiger partial charge >= 0.3 is 0 Å². The van der Waals surface area contributed by atoms with Crippen LogP contribution in [0.3, 0.4) is 0 Å². The lowest BCUT2D eigenvalue weighted by molar-refractivity contribution is 0.662. The van der Waals surface area contributed by atoms with E-state index in [0.717, 1.165) is 61.1 Å². The van der Waals surface area contributed by atoms with Crippen molar-refractivity contribution in [2.75, 3.05) is 4.90 Å². The van der Waals surface area contributed by atoms with E-state index in [1.165, 1.54) is 66.2 Å². The van der Waals surface area contributed by atoms with Gasteiger partial charge in [-0.1, -0.05) is 202 Å². The van der Waals surface area contributed by atoms with Gasteiger partial charge in [0.1, 0.15) is 11.2 Å². The van der Waals surface area contributed by atoms with Gasteiger partial charge in [-0.3, -0.25) is 0 Å². The summed E-state index contributed by atoms with van der Waals surface area (Å²) in [4.78, 5) is 2.40. The number of benzene rings is 11. The van der Waals surface area contributed by atoms with Crippen LogP contribution in [0.1, 0.15) is 25.0 Å². The largest absolute Gasteiger partial charge is 0.455 e. The first kappa shape index (κ1) is 39.0. The molecule has 1 aliphatic carbocycles. The van der Waals surface area contributed by atoms with Crippen molar-refractivity contribution in [1.82, 2.24) is 0 Å². The Bertz CT molecular complexity index is 3890. The first-order valence-corrected chi connectivity index (χ1v) is 23.2. The predicted molar refractivity (Wildman–Crippen MR) is 283 cm³/mol. The second-order valence-corrected chi connectivity index (χ2v) is 18.4. The van der Waals surface area contributed by atoms with E-state index in [2.05, 4.69) is 255 Å². The van der Waals surface area contributed by atoms with E-state index in [4.69, 9.17) is 4.42 Å². The lowest BCUT2D eigenvalue weighted by Gasteiger charge is -2.28. The van der Waals surface area contributed by atoms with Crippen LogP contribution in [0.25, 0.3) is 99.1 Å². The number of nitrogens with zero attached hydrogens (tertiary/aromatic N) is 1. The Morgan fingerprint density at radius 1 is 0.328 bits per heavy atom. The summed E-state index contributed by atoms with van der Waals surface area (Å²) in [5.74, 6) is 0. The molecule has 316 valence electrons. The van der Waals surface area contributed by atoms with Crippen LogP contribution in [0, 0.1) is 0 Å². The van der Waals surface area contributed by atoms with Crippen molar-refractivity contribution in [2.24, 2.45) is 0 Å². The minimum Gasteiger partial charge on any atom is -0.455 e. The fourth-order valence-corrected chi connectivity index (χ4v) is 11.0. The van der Waals surface area contributed by atoms with E-state index in [-0.39, 0.29) is 5.41 Å². The number of anilines is 3. The van der Waals surface area contributed by atoms with Crippen LogP contribution in [0.2, 0.25) is 0 Å². The first-order chi connectivity index (χ1) is 33.0. The van der Waals surface area contributed by atoms with Gasteiger partial charge in [0.2, 0.25) is 0 Å². The molecule has 0 saturated carbocycles. The molecule has 12 aromatic rings. The van der Waals surface area contributed by atoms with Gasteiger partial charge in [0.15, 0.2) is 0 Å². The second-order valence-electron chi connectivity index (χ2n) is 18.4. The number of fused-ring (bicyclic) bond motifs is 9. The second kappa shape index (κ2) is 15.3. The monoisotopic (exact) mass is 855 g/mol. The molecule has 2 heteroatoms. The molecule has 0 saturated heterocycles. The number of rotatable bonds is 7. The van der Waals surface area contributed by atoms with Crippen molar-refractivity contribution in [3.63, 3.8) is 0 Å². The summed E-state index contributed by atoms with van der Waals surface area (Å²) in [7, 11) is 0. The Balaban J connectivity index is 0.942. The zero-order valence-corrected chi connectivity index (χ0v) is 37.4. The molecule has 0 N–H and O–H groups in total. The van der Waals surface area contributed by atoms with Gasteiger partial charge in [0.05, 0.1) is 5.69 Å². The van der Waals surface area contributed by atoms with Gasteiger partial charge in [-0.05, 0) is 120 Å².